The number of carbonyl (C=O) groups is 2. The molecule has 3 aromatic rings. The van der Waals surface area contributed by atoms with Crippen LogP contribution >= 0.6 is 11.6 Å². The number of benzene rings is 3. The molecule has 238 valence electrons. The minimum Gasteiger partial charge on any atom is -0.497 e. The zero-order valence-corrected chi connectivity index (χ0v) is 26.2. The summed E-state index contributed by atoms with van der Waals surface area (Å²) < 4.78 is 72.3. The third-order valence-corrected chi connectivity index (χ3v) is 8.26. The molecule has 1 atom stereocenters. The molecule has 0 aliphatic carbocycles. The molecule has 1 N–H and O–H groups in total. The van der Waals surface area contributed by atoms with E-state index in [0.29, 0.717) is 34.7 Å². The Balaban J connectivity index is 2.11. The van der Waals surface area contributed by atoms with Crippen molar-refractivity contribution in [1.82, 2.24) is 10.2 Å². The van der Waals surface area contributed by atoms with E-state index in [1.165, 1.54) is 12.0 Å². The molecule has 0 aliphatic rings. The molecule has 0 aliphatic heterocycles. The monoisotopic (exact) mass is 653 g/mol. The molecule has 0 unspecified atom stereocenters. The summed E-state index contributed by atoms with van der Waals surface area (Å²) in [6.45, 7) is 1.29. The van der Waals surface area contributed by atoms with Gasteiger partial charge in [-0.2, -0.15) is 13.2 Å². The number of rotatable bonds is 14. The largest absolute Gasteiger partial charge is 0.497 e. The predicted molar refractivity (Wildman–Crippen MR) is 164 cm³/mol. The first-order valence-electron chi connectivity index (χ1n) is 13.8. The summed E-state index contributed by atoms with van der Waals surface area (Å²) in [5.41, 5.74) is -0.318. The number of alkyl halides is 3. The van der Waals surface area contributed by atoms with Crippen molar-refractivity contribution in [3.8, 4) is 5.75 Å². The lowest BCUT2D eigenvalue weighted by Gasteiger charge is -2.34. The topological polar surface area (TPSA) is 96.0 Å². The van der Waals surface area contributed by atoms with Crippen LogP contribution in [0.4, 0.5) is 18.9 Å². The van der Waals surface area contributed by atoms with Gasteiger partial charge in [-0.15, -0.1) is 0 Å². The Hall–Kier alpha value is -3.77. The van der Waals surface area contributed by atoms with Gasteiger partial charge in [-0.3, -0.25) is 13.9 Å². The summed E-state index contributed by atoms with van der Waals surface area (Å²) >= 11 is 6.19. The average molecular weight is 654 g/mol. The molecule has 8 nitrogen and oxygen atoms in total. The van der Waals surface area contributed by atoms with Crippen molar-refractivity contribution in [3.05, 3.63) is 94.5 Å². The van der Waals surface area contributed by atoms with Crippen molar-refractivity contribution in [1.29, 1.82) is 0 Å². The number of amides is 2. The number of nitrogens with zero attached hydrogens (tertiary/aromatic N) is 2. The van der Waals surface area contributed by atoms with Crippen molar-refractivity contribution >= 4 is 39.1 Å². The van der Waals surface area contributed by atoms with E-state index < -0.39 is 51.9 Å². The van der Waals surface area contributed by atoms with Crippen molar-refractivity contribution in [3.63, 3.8) is 0 Å². The van der Waals surface area contributed by atoms with Crippen LogP contribution in [0, 0.1) is 0 Å². The van der Waals surface area contributed by atoms with Crippen LogP contribution in [0.15, 0.2) is 72.8 Å². The second-order valence-corrected chi connectivity index (χ2v) is 12.5. The molecule has 2 amide bonds. The Labute approximate surface area is 260 Å². The van der Waals surface area contributed by atoms with Gasteiger partial charge in [-0.25, -0.2) is 8.42 Å². The van der Waals surface area contributed by atoms with E-state index in [-0.39, 0.29) is 18.0 Å². The lowest BCUT2D eigenvalue weighted by molar-refractivity contribution is -0.140. The van der Waals surface area contributed by atoms with Crippen LogP contribution in [0.5, 0.6) is 5.75 Å². The van der Waals surface area contributed by atoms with Gasteiger partial charge in [0.2, 0.25) is 21.8 Å². The van der Waals surface area contributed by atoms with Crippen LogP contribution < -0.4 is 14.4 Å². The van der Waals surface area contributed by atoms with Gasteiger partial charge in [-0.1, -0.05) is 67.4 Å². The van der Waals surface area contributed by atoms with Crippen molar-refractivity contribution in [2.75, 3.05) is 30.8 Å². The smallest absolute Gasteiger partial charge is 0.416 e. The van der Waals surface area contributed by atoms with Gasteiger partial charge < -0.3 is 15.0 Å². The average Bonchev–Trinajstić information content (AvgIpc) is 2.97. The summed E-state index contributed by atoms with van der Waals surface area (Å²) in [7, 11) is -2.85. The van der Waals surface area contributed by atoms with E-state index in [0.717, 1.165) is 30.4 Å². The highest BCUT2D eigenvalue weighted by atomic mass is 35.5. The Kier molecular flexibility index (Phi) is 12.1. The molecule has 3 rings (SSSR count). The predicted octanol–water partition coefficient (Wildman–Crippen LogP) is 5.69. The van der Waals surface area contributed by atoms with Gasteiger partial charge >= 0.3 is 6.18 Å². The fraction of sp³-hybridized carbons (Fsp3) is 0.355. The van der Waals surface area contributed by atoms with Crippen LogP contribution in [0.2, 0.25) is 5.02 Å². The lowest BCUT2D eigenvalue weighted by atomic mass is 10.0. The fourth-order valence-corrected chi connectivity index (χ4v) is 5.63. The van der Waals surface area contributed by atoms with E-state index in [9.17, 15) is 31.2 Å². The maximum absolute atomic E-state index is 14.1. The summed E-state index contributed by atoms with van der Waals surface area (Å²) in [4.78, 5) is 29.0. The highest BCUT2D eigenvalue weighted by Gasteiger charge is 2.36. The van der Waals surface area contributed by atoms with Crippen LogP contribution in [-0.4, -0.2) is 57.6 Å². The van der Waals surface area contributed by atoms with Crippen LogP contribution in [-0.2, 0) is 38.8 Å². The van der Waals surface area contributed by atoms with Crippen molar-refractivity contribution in [2.45, 2.75) is 44.9 Å². The number of carbonyl (C=O) groups excluding carboxylic acids is 2. The first kappa shape index (κ1) is 34.7. The first-order valence-corrected chi connectivity index (χ1v) is 16.1. The van der Waals surface area contributed by atoms with Gasteiger partial charge in [0, 0.05) is 19.5 Å². The first-order chi connectivity index (χ1) is 20.7. The highest BCUT2D eigenvalue weighted by molar-refractivity contribution is 7.92. The molecule has 0 aromatic heterocycles. The zero-order chi connectivity index (χ0) is 32.5. The molecule has 0 spiro atoms. The van der Waals surface area contributed by atoms with Crippen LogP contribution in [0.25, 0.3) is 0 Å². The number of methoxy groups -OCH3 is 1. The molecule has 0 saturated heterocycles. The summed E-state index contributed by atoms with van der Waals surface area (Å²) in [6.07, 6.45) is -2.41. The SMILES string of the molecule is CCCCNC(=O)[C@@H](Cc1ccccc1)N(Cc1cccc(OC)c1)C(=O)CN(c1cc(C(F)(F)F)ccc1Cl)S(C)(=O)=O. The number of unbranched alkanes of at least 4 members (excludes halogenated alkanes) is 1. The van der Waals surface area contributed by atoms with Gasteiger partial charge in [0.25, 0.3) is 0 Å². The maximum Gasteiger partial charge on any atom is 0.416 e. The Morgan fingerprint density at radius 2 is 1.68 bits per heavy atom. The number of nitrogens with one attached hydrogen (secondary N) is 1. The summed E-state index contributed by atoms with van der Waals surface area (Å²) in [6, 6.07) is 16.9. The van der Waals surface area contributed by atoms with Crippen molar-refractivity contribution in [2.24, 2.45) is 0 Å². The van der Waals surface area contributed by atoms with Gasteiger partial charge in [0.15, 0.2) is 0 Å². The second-order valence-electron chi connectivity index (χ2n) is 10.2. The number of hydrogen-bond acceptors (Lipinski definition) is 5. The van der Waals surface area contributed by atoms with E-state index >= 15 is 0 Å². The molecular weight excluding hydrogens is 619 g/mol. The molecule has 0 heterocycles. The lowest BCUT2D eigenvalue weighted by Crippen LogP contribution is -2.53. The Bertz CT molecular complexity index is 1540. The molecular formula is C31H35ClF3N3O5S. The fourth-order valence-electron chi connectivity index (χ4n) is 4.50. The quantitative estimate of drug-likeness (QED) is 0.226. The third kappa shape index (κ3) is 9.62. The number of sulfonamides is 1. The molecule has 3 aromatic carbocycles. The van der Waals surface area contributed by atoms with Crippen LogP contribution in [0.3, 0.4) is 0 Å². The molecule has 0 saturated carbocycles. The van der Waals surface area contributed by atoms with Gasteiger partial charge in [0.1, 0.15) is 18.3 Å². The molecule has 0 fully saturated rings. The van der Waals surface area contributed by atoms with Crippen LogP contribution in [0.1, 0.15) is 36.5 Å². The van der Waals surface area contributed by atoms with E-state index in [1.807, 2.05) is 13.0 Å². The third-order valence-electron chi connectivity index (χ3n) is 6.81. The highest BCUT2D eigenvalue weighted by Crippen LogP contribution is 2.36. The summed E-state index contributed by atoms with van der Waals surface area (Å²) in [5.74, 6) is -0.782. The molecule has 13 heteroatoms. The molecule has 0 bridgehead atoms. The standard InChI is InChI=1S/C31H35ClF3N3O5S/c1-4-5-16-36-30(40)28(18-22-10-7-6-8-11-22)37(20-23-12-9-13-25(17-23)43-2)29(39)21-38(44(3,41)42)27-19-24(31(33,34)35)14-15-26(27)32/h6-15,17,19,28H,4-5,16,18,20-21H2,1-3H3,(H,36,40)/t28-/m1/s1. The molecule has 44 heavy (non-hydrogen) atoms. The normalized spacial score (nSPS) is 12.3. The molecule has 0 radical (unpaired) electrons. The summed E-state index contributed by atoms with van der Waals surface area (Å²) in [5, 5.41) is 2.56. The number of anilines is 1. The minimum absolute atomic E-state index is 0.0949. The minimum atomic E-state index is -4.79. The van der Waals surface area contributed by atoms with Gasteiger partial charge in [-0.05, 0) is 47.9 Å². The number of ether oxygens (including phenoxy) is 1. The second kappa shape index (κ2) is 15.3. The Morgan fingerprint density at radius 1 is 1.00 bits per heavy atom. The van der Waals surface area contributed by atoms with E-state index in [2.05, 4.69) is 5.32 Å². The maximum atomic E-state index is 14.1. The van der Waals surface area contributed by atoms with Gasteiger partial charge in [0.05, 0.1) is 29.6 Å². The number of halogens is 4. The Morgan fingerprint density at radius 3 is 2.30 bits per heavy atom. The van der Waals surface area contributed by atoms with Crippen molar-refractivity contribution < 1.29 is 35.9 Å². The van der Waals surface area contributed by atoms with E-state index in [1.54, 1.807) is 48.5 Å². The number of hydrogen-bond donors (Lipinski definition) is 1. The zero-order valence-electron chi connectivity index (χ0n) is 24.6. The van der Waals surface area contributed by atoms with E-state index in [4.69, 9.17) is 16.3 Å².